The molecule has 1 aromatic carbocycles. The Morgan fingerprint density at radius 1 is 1.00 bits per heavy atom. The van der Waals surface area contributed by atoms with Crippen LogP contribution >= 0.6 is 58.0 Å². The van der Waals surface area contributed by atoms with E-state index in [1.807, 2.05) is 0 Å². The fourth-order valence-electron chi connectivity index (χ4n) is 1.52. The second-order valence-electron chi connectivity index (χ2n) is 4.10. The van der Waals surface area contributed by atoms with E-state index in [4.69, 9.17) is 58.0 Å². The van der Waals surface area contributed by atoms with E-state index >= 15 is 0 Å². The zero-order valence-electron chi connectivity index (χ0n) is 10.6. The number of benzene rings is 1. The predicted molar refractivity (Wildman–Crippen MR) is 81.2 cm³/mol. The summed E-state index contributed by atoms with van der Waals surface area (Å²) in [5.74, 6) is -1.34. The Hall–Kier alpha value is -0.330. The molecule has 10 heteroatoms. The second-order valence-corrected chi connectivity index (χ2v) is 5.99. The van der Waals surface area contributed by atoms with Gasteiger partial charge in [0, 0.05) is 11.6 Å². The third-order valence-corrected chi connectivity index (χ3v) is 4.98. The first-order valence-corrected chi connectivity index (χ1v) is 7.21. The van der Waals surface area contributed by atoms with Gasteiger partial charge in [0.1, 0.15) is 0 Å². The highest BCUT2D eigenvalue weighted by Crippen LogP contribution is 2.53. The minimum absolute atomic E-state index is 0.318. The van der Waals surface area contributed by atoms with Gasteiger partial charge in [0.25, 0.3) is 0 Å². The fraction of sp³-hybridized carbons (Fsp3) is 0.250. The largest absolute Gasteiger partial charge is 0.441 e. The molecule has 2 nitrogen and oxygen atoms in total. The van der Waals surface area contributed by atoms with Gasteiger partial charge in [0.15, 0.2) is 0 Å². The molecule has 0 bridgehead atoms. The Balaban J connectivity index is 3.79. The summed E-state index contributed by atoms with van der Waals surface area (Å²) in [6, 6.07) is 0. The summed E-state index contributed by atoms with van der Waals surface area (Å²) in [5.41, 5.74) is -4.03. The SMILES string of the molecule is C=CC(=O)OC(C)(c1c(Cl)c(Cl)c(Cl)c(Cl)c1Cl)C(F)(F)F. The van der Waals surface area contributed by atoms with Crippen molar-refractivity contribution in [3.8, 4) is 0 Å². The number of ether oxygens (including phenoxy) is 1. The maximum atomic E-state index is 13.5. The summed E-state index contributed by atoms with van der Waals surface area (Å²) in [5, 5.41) is -2.46. The summed E-state index contributed by atoms with van der Waals surface area (Å²) in [7, 11) is 0. The lowest BCUT2D eigenvalue weighted by Gasteiger charge is -2.33. The number of carbonyl (C=O) groups is 1. The van der Waals surface area contributed by atoms with E-state index in [1.165, 1.54) is 0 Å². The van der Waals surface area contributed by atoms with Gasteiger partial charge >= 0.3 is 12.1 Å². The average molecular weight is 416 g/mol. The van der Waals surface area contributed by atoms with Crippen LogP contribution in [0.25, 0.3) is 0 Å². The van der Waals surface area contributed by atoms with Crippen molar-refractivity contribution in [3.63, 3.8) is 0 Å². The summed E-state index contributed by atoms with van der Waals surface area (Å²) in [4.78, 5) is 11.3. The van der Waals surface area contributed by atoms with Crippen LogP contribution in [0.15, 0.2) is 12.7 Å². The molecule has 1 unspecified atom stereocenters. The van der Waals surface area contributed by atoms with Crippen LogP contribution in [0.3, 0.4) is 0 Å². The van der Waals surface area contributed by atoms with E-state index in [2.05, 4.69) is 11.3 Å². The molecule has 0 saturated heterocycles. The van der Waals surface area contributed by atoms with Crippen molar-refractivity contribution in [3.05, 3.63) is 43.3 Å². The molecular weight excluding hydrogens is 410 g/mol. The van der Waals surface area contributed by atoms with Gasteiger partial charge in [0.2, 0.25) is 5.60 Å². The van der Waals surface area contributed by atoms with Crippen molar-refractivity contribution < 1.29 is 22.7 Å². The number of esters is 1. The monoisotopic (exact) mass is 414 g/mol. The highest BCUT2D eigenvalue weighted by molar-refractivity contribution is 6.55. The molecule has 0 saturated carbocycles. The van der Waals surface area contributed by atoms with Gasteiger partial charge in [-0.15, -0.1) is 0 Å². The third-order valence-electron chi connectivity index (χ3n) is 2.70. The molecule has 122 valence electrons. The smallest absolute Gasteiger partial charge is 0.432 e. The van der Waals surface area contributed by atoms with E-state index in [0.29, 0.717) is 13.0 Å². The van der Waals surface area contributed by atoms with E-state index in [0.717, 1.165) is 0 Å². The lowest BCUT2D eigenvalue weighted by molar-refractivity contribution is -0.267. The molecule has 0 aliphatic carbocycles. The van der Waals surface area contributed by atoms with Crippen LogP contribution in [0.5, 0.6) is 0 Å². The molecule has 1 atom stereocenters. The Morgan fingerprint density at radius 2 is 1.36 bits per heavy atom. The van der Waals surface area contributed by atoms with E-state index < -0.39 is 43.4 Å². The van der Waals surface area contributed by atoms with Crippen molar-refractivity contribution in [2.24, 2.45) is 0 Å². The molecule has 1 aromatic rings. The minimum Gasteiger partial charge on any atom is -0.441 e. The molecule has 0 spiro atoms. The molecule has 0 aromatic heterocycles. The second kappa shape index (κ2) is 6.65. The van der Waals surface area contributed by atoms with E-state index in [9.17, 15) is 18.0 Å². The van der Waals surface area contributed by atoms with Gasteiger partial charge in [-0.2, -0.15) is 13.2 Å². The van der Waals surface area contributed by atoms with Gasteiger partial charge in [-0.3, -0.25) is 0 Å². The normalized spacial score (nSPS) is 14.4. The van der Waals surface area contributed by atoms with Gasteiger partial charge in [0.05, 0.1) is 25.1 Å². The van der Waals surface area contributed by atoms with Crippen LogP contribution in [0.1, 0.15) is 12.5 Å². The standard InChI is InChI=1S/C12H6Cl5F3O2/c1-3-4(21)22-11(2,12(18,19)20)5-6(13)8(15)10(17)9(16)7(5)14/h3H,1H2,2H3. The Morgan fingerprint density at radius 3 is 1.68 bits per heavy atom. The molecule has 0 N–H and O–H groups in total. The number of hydrogen-bond acceptors (Lipinski definition) is 2. The first-order chi connectivity index (χ1) is 9.88. The summed E-state index contributed by atoms with van der Waals surface area (Å²) in [6.45, 7) is 3.59. The molecule has 0 heterocycles. The van der Waals surface area contributed by atoms with Crippen LogP contribution in [-0.4, -0.2) is 12.1 Å². The Labute approximate surface area is 148 Å². The van der Waals surface area contributed by atoms with Crippen molar-refractivity contribution in [1.29, 1.82) is 0 Å². The highest BCUT2D eigenvalue weighted by Gasteiger charge is 2.58. The molecule has 0 amide bonds. The van der Waals surface area contributed by atoms with Crippen LogP contribution in [0.2, 0.25) is 25.1 Å². The van der Waals surface area contributed by atoms with Crippen LogP contribution in [0, 0.1) is 0 Å². The fourth-order valence-corrected chi connectivity index (χ4v) is 3.02. The number of halogens is 8. The lowest BCUT2D eigenvalue weighted by atomic mass is 9.94. The lowest BCUT2D eigenvalue weighted by Crippen LogP contribution is -2.44. The number of hydrogen-bond donors (Lipinski definition) is 0. The van der Waals surface area contributed by atoms with Crippen molar-refractivity contribution in [2.75, 3.05) is 0 Å². The summed E-state index contributed by atoms with van der Waals surface area (Å²) >= 11 is 28.9. The van der Waals surface area contributed by atoms with Gasteiger partial charge in [-0.25, -0.2) is 4.79 Å². The van der Waals surface area contributed by atoms with E-state index in [-0.39, 0.29) is 5.02 Å². The number of alkyl halides is 3. The maximum absolute atomic E-state index is 13.5. The third kappa shape index (κ3) is 3.29. The number of rotatable bonds is 3. The molecule has 22 heavy (non-hydrogen) atoms. The van der Waals surface area contributed by atoms with Crippen LogP contribution in [0.4, 0.5) is 13.2 Å². The first-order valence-electron chi connectivity index (χ1n) is 5.32. The molecule has 0 radical (unpaired) electrons. The van der Waals surface area contributed by atoms with Crippen LogP contribution in [-0.2, 0) is 15.1 Å². The van der Waals surface area contributed by atoms with Crippen LogP contribution < -0.4 is 0 Å². The molecule has 1 rings (SSSR count). The molecular formula is C12H6Cl5F3O2. The topological polar surface area (TPSA) is 26.3 Å². The predicted octanol–water partition coefficient (Wildman–Crippen LogP) is 6.46. The molecule has 0 aliphatic rings. The Kier molecular flexibility index (Phi) is 5.96. The quantitative estimate of drug-likeness (QED) is 0.245. The van der Waals surface area contributed by atoms with Crippen molar-refractivity contribution in [2.45, 2.75) is 18.7 Å². The van der Waals surface area contributed by atoms with Gasteiger partial charge in [-0.1, -0.05) is 64.6 Å². The number of carbonyl (C=O) groups excluding carboxylic acids is 1. The van der Waals surface area contributed by atoms with Gasteiger partial charge in [-0.05, 0) is 6.92 Å². The Bertz CT molecular complexity index is 616. The summed E-state index contributed by atoms with van der Waals surface area (Å²) in [6.07, 6.45) is -4.51. The highest BCUT2D eigenvalue weighted by atomic mass is 35.5. The average Bonchev–Trinajstić information content (AvgIpc) is 2.41. The maximum Gasteiger partial charge on any atom is 0.432 e. The first kappa shape index (κ1) is 19.7. The van der Waals surface area contributed by atoms with Crippen molar-refractivity contribution >= 4 is 64.0 Å². The molecule has 0 aliphatic heterocycles. The summed E-state index contributed by atoms with van der Waals surface area (Å²) < 4.78 is 44.8. The van der Waals surface area contributed by atoms with E-state index in [1.54, 1.807) is 0 Å². The minimum atomic E-state index is -5.07. The van der Waals surface area contributed by atoms with Crippen molar-refractivity contribution in [1.82, 2.24) is 0 Å². The van der Waals surface area contributed by atoms with Gasteiger partial charge < -0.3 is 4.74 Å². The zero-order chi connectivity index (χ0) is 17.5. The molecule has 0 fully saturated rings. The zero-order valence-corrected chi connectivity index (χ0v) is 14.4.